The van der Waals surface area contributed by atoms with Gasteiger partial charge in [0.25, 0.3) is 5.56 Å². The maximum absolute atomic E-state index is 13.1. The summed E-state index contributed by atoms with van der Waals surface area (Å²) in [6.07, 6.45) is 4.51. The Balaban J connectivity index is 1.94. The van der Waals surface area contributed by atoms with E-state index in [4.69, 9.17) is 15.6 Å². The first-order valence-corrected chi connectivity index (χ1v) is 10.1. The molecule has 0 radical (unpaired) electrons. The fourth-order valence-electron chi connectivity index (χ4n) is 3.06. The van der Waals surface area contributed by atoms with Gasteiger partial charge in [0, 0.05) is 18.0 Å². The molecular weight excluding hydrogens is 408 g/mol. The number of methoxy groups -OCH3 is 1. The van der Waals surface area contributed by atoms with Crippen LogP contribution in [0.1, 0.15) is 0 Å². The first-order valence-electron chi connectivity index (χ1n) is 8.59. The molecule has 0 aliphatic carbocycles. The summed E-state index contributed by atoms with van der Waals surface area (Å²) in [6.45, 7) is 0. The van der Waals surface area contributed by atoms with Gasteiger partial charge in [0.1, 0.15) is 4.90 Å². The molecule has 0 saturated heterocycles. The highest BCUT2D eigenvalue weighted by Crippen LogP contribution is 2.28. The van der Waals surface area contributed by atoms with Crippen LogP contribution in [0.2, 0.25) is 0 Å². The van der Waals surface area contributed by atoms with Gasteiger partial charge in [0.15, 0.2) is 0 Å². The summed E-state index contributed by atoms with van der Waals surface area (Å²) in [5.41, 5.74) is 7.45. The summed E-state index contributed by atoms with van der Waals surface area (Å²) in [7, 11) is -2.77. The van der Waals surface area contributed by atoms with E-state index in [0.29, 0.717) is 27.7 Å². The predicted octanol–water partition coefficient (Wildman–Crippen LogP) is 1.08. The number of pyridine rings is 2. The molecule has 4 N–H and O–H groups in total. The van der Waals surface area contributed by atoms with Crippen molar-refractivity contribution in [2.75, 3.05) is 12.8 Å². The molecule has 0 atom stereocenters. The van der Waals surface area contributed by atoms with Crippen LogP contribution >= 0.6 is 0 Å². The Morgan fingerprint density at radius 2 is 1.90 bits per heavy atom. The summed E-state index contributed by atoms with van der Waals surface area (Å²) >= 11 is 0. The minimum atomic E-state index is -4.06. The van der Waals surface area contributed by atoms with Crippen molar-refractivity contribution in [3.8, 4) is 22.7 Å². The highest BCUT2D eigenvalue weighted by Gasteiger charge is 2.18. The molecular formula is C19H16N6O4S. The van der Waals surface area contributed by atoms with Crippen molar-refractivity contribution < 1.29 is 13.2 Å². The van der Waals surface area contributed by atoms with Crippen LogP contribution in [0.3, 0.4) is 0 Å². The highest BCUT2D eigenvalue weighted by atomic mass is 32.2. The third-order valence-corrected chi connectivity index (χ3v) is 5.36. The number of nitrogen functional groups attached to an aromatic ring is 1. The average molecular weight is 424 g/mol. The summed E-state index contributed by atoms with van der Waals surface area (Å²) in [5, 5.41) is 5.56. The van der Waals surface area contributed by atoms with E-state index >= 15 is 0 Å². The molecule has 0 spiro atoms. The number of benzene rings is 1. The maximum atomic E-state index is 13.1. The Kier molecular flexibility index (Phi) is 4.68. The smallest absolute Gasteiger partial charge is 0.267 e. The van der Waals surface area contributed by atoms with Gasteiger partial charge in [-0.25, -0.2) is 28.1 Å². The Labute approximate surface area is 170 Å². The van der Waals surface area contributed by atoms with Gasteiger partial charge >= 0.3 is 0 Å². The van der Waals surface area contributed by atoms with Gasteiger partial charge in [-0.05, 0) is 35.9 Å². The van der Waals surface area contributed by atoms with Crippen molar-refractivity contribution in [1.82, 2.24) is 19.5 Å². The molecule has 0 aliphatic rings. The fourth-order valence-corrected chi connectivity index (χ4v) is 3.74. The van der Waals surface area contributed by atoms with Crippen LogP contribution in [0.4, 0.5) is 5.95 Å². The van der Waals surface area contributed by atoms with Gasteiger partial charge in [-0.15, -0.1) is 0 Å². The lowest BCUT2D eigenvalue weighted by atomic mass is 10.1. The summed E-state index contributed by atoms with van der Waals surface area (Å²) in [5.74, 6) is -0.0914. The van der Waals surface area contributed by atoms with Crippen molar-refractivity contribution in [2.45, 2.75) is 4.90 Å². The van der Waals surface area contributed by atoms with E-state index in [1.165, 1.54) is 30.1 Å². The summed E-state index contributed by atoms with van der Waals surface area (Å²) in [4.78, 5) is 25.2. The zero-order valence-electron chi connectivity index (χ0n) is 15.7. The number of hydrogen-bond donors (Lipinski definition) is 2. The standard InChI is InChI=1S/C19H16N6O4S/c1-29-17-16(30(21,27)28)8-12(9-23-17)11-4-5-15-14(7-11)18(26)25(19(20)24-15)13-3-2-6-22-10-13/h2-10H,1H3,(H2,20,24)(H2,21,27,28). The maximum Gasteiger partial charge on any atom is 0.267 e. The number of rotatable bonds is 4. The number of nitrogens with two attached hydrogens (primary N) is 2. The van der Waals surface area contributed by atoms with E-state index in [1.54, 1.807) is 36.5 Å². The van der Waals surface area contributed by atoms with Gasteiger partial charge in [0.2, 0.25) is 21.9 Å². The summed E-state index contributed by atoms with van der Waals surface area (Å²) < 4.78 is 30.0. The average Bonchev–Trinajstić information content (AvgIpc) is 2.73. The molecule has 0 fully saturated rings. The van der Waals surface area contributed by atoms with Crippen LogP contribution in [0.25, 0.3) is 27.7 Å². The molecule has 4 rings (SSSR count). The van der Waals surface area contributed by atoms with Crippen molar-refractivity contribution in [2.24, 2.45) is 5.14 Å². The molecule has 0 aliphatic heterocycles. The van der Waals surface area contributed by atoms with E-state index in [0.717, 1.165) is 0 Å². The zero-order chi connectivity index (χ0) is 21.5. The summed E-state index contributed by atoms with van der Waals surface area (Å²) in [6, 6.07) is 9.60. The van der Waals surface area contributed by atoms with Gasteiger partial charge in [-0.1, -0.05) is 6.07 Å². The number of nitrogens with zero attached hydrogens (tertiary/aromatic N) is 4. The number of fused-ring (bicyclic) bond motifs is 1. The topological polar surface area (TPSA) is 156 Å². The van der Waals surface area contributed by atoms with Crippen LogP contribution < -0.4 is 21.2 Å². The molecule has 0 bridgehead atoms. The van der Waals surface area contributed by atoms with Gasteiger partial charge in [-0.2, -0.15) is 0 Å². The Hall–Kier alpha value is -3.83. The Morgan fingerprint density at radius 3 is 2.57 bits per heavy atom. The molecule has 3 aromatic heterocycles. The lowest BCUT2D eigenvalue weighted by Gasteiger charge is -2.11. The van der Waals surface area contributed by atoms with E-state index in [2.05, 4.69) is 15.0 Å². The fraction of sp³-hybridized carbons (Fsp3) is 0.0526. The van der Waals surface area contributed by atoms with Gasteiger partial charge < -0.3 is 10.5 Å². The molecule has 152 valence electrons. The van der Waals surface area contributed by atoms with E-state index in [9.17, 15) is 13.2 Å². The quantitative estimate of drug-likeness (QED) is 0.493. The van der Waals surface area contributed by atoms with Crippen molar-refractivity contribution in [1.29, 1.82) is 0 Å². The van der Waals surface area contributed by atoms with Crippen molar-refractivity contribution in [3.63, 3.8) is 0 Å². The predicted molar refractivity (Wildman–Crippen MR) is 111 cm³/mol. The second-order valence-corrected chi connectivity index (χ2v) is 7.86. The highest BCUT2D eigenvalue weighted by molar-refractivity contribution is 7.89. The molecule has 0 unspecified atom stereocenters. The lowest BCUT2D eigenvalue weighted by molar-refractivity contribution is 0.385. The molecule has 11 heteroatoms. The molecule has 30 heavy (non-hydrogen) atoms. The largest absolute Gasteiger partial charge is 0.480 e. The van der Waals surface area contributed by atoms with E-state index in [-0.39, 0.29) is 22.3 Å². The number of hydrogen-bond acceptors (Lipinski definition) is 8. The molecule has 10 nitrogen and oxygen atoms in total. The number of primary sulfonamides is 1. The Morgan fingerprint density at radius 1 is 1.10 bits per heavy atom. The SMILES string of the molecule is COc1ncc(-c2ccc3nc(N)n(-c4cccnc4)c(=O)c3c2)cc1S(N)(=O)=O. The van der Waals surface area contributed by atoms with Crippen molar-refractivity contribution in [3.05, 3.63) is 65.3 Å². The van der Waals surface area contributed by atoms with Crippen LogP contribution in [-0.4, -0.2) is 35.0 Å². The first kappa shape index (κ1) is 19.5. The van der Waals surface area contributed by atoms with Gasteiger partial charge in [-0.3, -0.25) is 9.78 Å². The monoisotopic (exact) mass is 424 g/mol. The number of sulfonamides is 1. The molecule has 3 heterocycles. The van der Waals surface area contributed by atoms with E-state index in [1.807, 2.05) is 0 Å². The van der Waals surface area contributed by atoms with Crippen LogP contribution in [-0.2, 0) is 10.0 Å². The Bertz CT molecular complexity index is 1440. The van der Waals surface area contributed by atoms with Crippen LogP contribution in [0.15, 0.2) is 64.7 Å². The van der Waals surface area contributed by atoms with E-state index < -0.39 is 10.0 Å². The van der Waals surface area contributed by atoms with Crippen LogP contribution in [0.5, 0.6) is 5.88 Å². The van der Waals surface area contributed by atoms with Crippen molar-refractivity contribution >= 4 is 26.9 Å². The van der Waals surface area contributed by atoms with Crippen LogP contribution in [0, 0.1) is 0 Å². The molecule has 4 aromatic rings. The number of ether oxygens (including phenoxy) is 1. The number of anilines is 1. The number of aromatic nitrogens is 4. The molecule has 0 saturated carbocycles. The third-order valence-electron chi connectivity index (χ3n) is 4.45. The lowest BCUT2D eigenvalue weighted by Crippen LogP contribution is -2.23. The minimum absolute atomic E-state index is 0.0240. The second-order valence-electron chi connectivity index (χ2n) is 6.33. The molecule has 0 amide bonds. The first-order chi connectivity index (χ1) is 14.3. The zero-order valence-corrected chi connectivity index (χ0v) is 16.5. The minimum Gasteiger partial charge on any atom is -0.480 e. The second kappa shape index (κ2) is 7.21. The third kappa shape index (κ3) is 3.36. The normalized spacial score (nSPS) is 11.5. The molecule has 1 aromatic carbocycles. The van der Waals surface area contributed by atoms with Gasteiger partial charge in [0.05, 0.1) is 29.9 Å².